The molecule has 146 valence electrons. The molecular weight excluding hydrogens is 378 g/mol. The summed E-state index contributed by atoms with van der Waals surface area (Å²) in [4.78, 5) is 19.1. The van der Waals surface area contributed by atoms with Crippen molar-refractivity contribution in [2.24, 2.45) is 0 Å². The third-order valence-electron chi connectivity index (χ3n) is 4.36. The van der Waals surface area contributed by atoms with E-state index < -0.39 is 0 Å². The van der Waals surface area contributed by atoms with E-state index >= 15 is 0 Å². The number of carbonyl (C=O) groups is 1. The summed E-state index contributed by atoms with van der Waals surface area (Å²) >= 11 is 6.28. The van der Waals surface area contributed by atoms with Gasteiger partial charge >= 0.3 is 0 Å². The Hall–Kier alpha value is -2.86. The van der Waals surface area contributed by atoms with Gasteiger partial charge in [-0.05, 0) is 62.7 Å². The Labute approximate surface area is 169 Å². The van der Waals surface area contributed by atoms with Crippen molar-refractivity contribution in [1.82, 2.24) is 15.0 Å². The second kappa shape index (κ2) is 8.44. The molecule has 1 amide bonds. The lowest BCUT2D eigenvalue weighted by Gasteiger charge is -2.25. The van der Waals surface area contributed by atoms with Gasteiger partial charge in [-0.15, -0.1) is 0 Å². The van der Waals surface area contributed by atoms with Crippen molar-refractivity contribution in [3.8, 4) is 17.1 Å². The van der Waals surface area contributed by atoms with Gasteiger partial charge in [-0.25, -0.2) is 0 Å². The molecule has 0 saturated heterocycles. The molecule has 0 radical (unpaired) electrons. The highest BCUT2D eigenvalue weighted by Gasteiger charge is 2.23. The van der Waals surface area contributed by atoms with E-state index in [2.05, 4.69) is 10.1 Å². The Bertz CT molecular complexity index is 967. The second-order valence-electron chi connectivity index (χ2n) is 6.75. The third kappa shape index (κ3) is 4.34. The lowest BCUT2D eigenvalue weighted by Crippen LogP contribution is -2.36. The number of carbonyl (C=O) groups excluding carboxylic acids is 1. The van der Waals surface area contributed by atoms with E-state index in [0.29, 0.717) is 22.3 Å². The highest BCUT2D eigenvalue weighted by atomic mass is 35.5. The molecule has 7 heteroatoms. The zero-order valence-electron chi connectivity index (χ0n) is 16.3. The molecule has 0 spiro atoms. The number of benzene rings is 2. The molecule has 0 aliphatic heterocycles. The summed E-state index contributed by atoms with van der Waals surface area (Å²) < 4.78 is 10.5. The van der Waals surface area contributed by atoms with Crippen molar-refractivity contribution >= 4 is 17.5 Å². The number of aryl methyl sites for hydroxylation is 1. The molecule has 0 aliphatic carbocycles. The quantitative estimate of drug-likeness (QED) is 0.597. The number of hydrogen-bond acceptors (Lipinski definition) is 5. The SMILES string of the molecule is COc1ccc(-c2noc(CN(C(=O)c3ccc(C)cc3Cl)C(C)C)n2)cc1. The maximum absolute atomic E-state index is 13.0. The Balaban J connectivity index is 1.81. The number of methoxy groups -OCH3 is 1. The number of ether oxygens (including phenoxy) is 1. The van der Waals surface area contributed by atoms with Gasteiger partial charge in [-0.3, -0.25) is 4.79 Å². The van der Waals surface area contributed by atoms with Gasteiger partial charge in [-0.1, -0.05) is 22.8 Å². The average Bonchev–Trinajstić information content (AvgIpc) is 3.14. The van der Waals surface area contributed by atoms with Crippen LogP contribution in [0.2, 0.25) is 5.02 Å². The molecule has 0 unspecified atom stereocenters. The van der Waals surface area contributed by atoms with Crippen molar-refractivity contribution < 1.29 is 14.1 Å². The molecule has 0 saturated carbocycles. The summed E-state index contributed by atoms with van der Waals surface area (Å²) in [5.74, 6) is 1.39. The first kappa shape index (κ1) is 19.9. The Morgan fingerprint density at radius 1 is 1.21 bits per heavy atom. The number of rotatable bonds is 6. The fraction of sp³-hybridized carbons (Fsp3) is 0.286. The molecule has 6 nitrogen and oxygen atoms in total. The summed E-state index contributed by atoms with van der Waals surface area (Å²) in [5.41, 5.74) is 2.26. The highest BCUT2D eigenvalue weighted by Crippen LogP contribution is 2.23. The first-order valence-electron chi connectivity index (χ1n) is 8.93. The molecule has 3 rings (SSSR count). The van der Waals surface area contributed by atoms with Crippen LogP contribution < -0.4 is 4.74 Å². The minimum Gasteiger partial charge on any atom is -0.497 e. The summed E-state index contributed by atoms with van der Waals surface area (Å²) in [5, 5.41) is 4.46. The van der Waals surface area contributed by atoms with Crippen LogP contribution in [-0.2, 0) is 6.54 Å². The van der Waals surface area contributed by atoms with Gasteiger partial charge in [-0.2, -0.15) is 4.98 Å². The van der Waals surface area contributed by atoms with Gasteiger partial charge in [0.05, 0.1) is 17.7 Å². The molecule has 28 heavy (non-hydrogen) atoms. The average molecular weight is 400 g/mol. The fourth-order valence-electron chi connectivity index (χ4n) is 2.76. The number of nitrogens with zero attached hydrogens (tertiary/aromatic N) is 3. The van der Waals surface area contributed by atoms with Crippen molar-refractivity contribution in [2.45, 2.75) is 33.4 Å². The number of halogens is 1. The van der Waals surface area contributed by atoms with E-state index in [1.807, 2.05) is 51.1 Å². The number of amides is 1. The normalized spacial score (nSPS) is 10.9. The van der Waals surface area contributed by atoms with Crippen LogP contribution in [0.15, 0.2) is 47.0 Å². The molecular formula is C21H22ClN3O3. The molecule has 0 bridgehead atoms. The minimum atomic E-state index is -0.177. The topological polar surface area (TPSA) is 68.5 Å². The van der Waals surface area contributed by atoms with Crippen LogP contribution in [0.1, 0.15) is 35.7 Å². The van der Waals surface area contributed by atoms with Crippen LogP contribution >= 0.6 is 11.6 Å². The van der Waals surface area contributed by atoms with Crippen LogP contribution in [0.3, 0.4) is 0 Å². The van der Waals surface area contributed by atoms with Gasteiger partial charge in [0.2, 0.25) is 11.7 Å². The van der Waals surface area contributed by atoms with E-state index in [-0.39, 0.29) is 18.5 Å². The summed E-state index contributed by atoms with van der Waals surface area (Å²) in [6, 6.07) is 12.7. The zero-order valence-corrected chi connectivity index (χ0v) is 17.0. The molecule has 3 aromatic rings. The van der Waals surface area contributed by atoms with Gasteiger partial charge in [0, 0.05) is 11.6 Å². The van der Waals surface area contributed by atoms with Crippen LogP contribution in [0.4, 0.5) is 0 Å². The fourth-order valence-corrected chi connectivity index (χ4v) is 3.08. The van der Waals surface area contributed by atoms with Crippen LogP contribution in [0.25, 0.3) is 11.4 Å². The molecule has 2 aromatic carbocycles. The predicted molar refractivity (Wildman–Crippen MR) is 107 cm³/mol. The molecule has 0 atom stereocenters. The molecule has 0 N–H and O–H groups in total. The predicted octanol–water partition coefficient (Wildman–Crippen LogP) is 4.76. The molecule has 0 aliphatic rings. The monoisotopic (exact) mass is 399 g/mol. The minimum absolute atomic E-state index is 0.0683. The zero-order chi connectivity index (χ0) is 20.3. The van der Waals surface area contributed by atoms with Gasteiger partial charge in [0.25, 0.3) is 5.91 Å². The van der Waals surface area contributed by atoms with E-state index in [9.17, 15) is 4.79 Å². The Morgan fingerprint density at radius 2 is 1.93 bits per heavy atom. The summed E-state index contributed by atoms with van der Waals surface area (Å²) in [6.07, 6.45) is 0. The van der Waals surface area contributed by atoms with Gasteiger partial charge in [0.15, 0.2) is 0 Å². The third-order valence-corrected chi connectivity index (χ3v) is 4.67. The van der Waals surface area contributed by atoms with Gasteiger partial charge < -0.3 is 14.2 Å². The second-order valence-corrected chi connectivity index (χ2v) is 7.16. The highest BCUT2D eigenvalue weighted by molar-refractivity contribution is 6.33. The van der Waals surface area contributed by atoms with E-state index in [1.165, 1.54) is 0 Å². The van der Waals surface area contributed by atoms with E-state index in [0.717, 1.165) is 16.9 Å². The first-order chi connectivity index (χ1) is 13.4. The number of hydrogen-bond donors (Lipinski definition) is 0. The Morgan fingerprint density at radius 3 is 2.54 bits per heavy atom. The van der Waals surface area contributed by atoms with Crippen molar-refractivity contribution in [3.05, 3.63) is 64.5 Å². The number of aromatic nitrogens is 2. The van der Waals surface area contributed by atoms with Crippen LogP contribution in [0.5, 0.6) is 5.75 Å². The van der Waals surface area contributed by atoms with E-state index in [4.69, 9.17) is 20.9 Å². The van der Waals surface area contributed by atoms with Crippen molar-refractivity contribution in [2.75, 3.05) is 7.11 Å². The van der Waals surface area contributed by atoms with Gasteiger partial charge in [0.1, 0.15) is 12.3 Å². The van der Waals surface area contributed by atoms with Crippen LogP contribution in [0, 0.1) is 6.92 Å². The molecule has 0 fully saturated rings. The lowest BCUT2D eigenvalue weighted by atomic mass is 10.1. The Kier molecular flexibility index (Phi) is 5.99. The summed E-state index contributed by atoms with van der Waals surface area (Å²) in [7, 11) is 1.61. The summed E-state index contributed by atoms with van der Waals surface area (Å²) in [6.45, 7) is 5.99. The largest absolute Gasteiger partial charge is 0.497 e. The van der Waals surface area contributed by atoms with Crippen LogP contribution in [-0.4, -0.2) is 34.1 Å². The van der Waals surface area contributed by atoms with Crippen molar-refractivity contribution in [3.63, 3.8) is 0 Å². The molecule has 1 heterocycles. The maximum atomic E-state index is 13.0. The first-order valence-corrected chi connectivity index (χ1v) is 9.31. The molecule has 1 aromatic heterocycles. The maximum Gasteiger partial charge on any atom is 0.256 e. The standard InChI is InChI=1S/C21H22ClN3O3/c1-13(2)25(21(26)17-10-5-14(3)11-18(17)22)12-19-23-20(24-28-19)15-6-8-16(27-4)9-7-15/h5-11,13H,12H2,1-4H3. The smallest absolute Gasteiger partial charge is 0.256 e. The van der Waals surface area contributed by atoms with Crippen molar-refractivity contribution in [1.29, 1.82) is 0 Å². The van der Waals surface area contributed by atoms with E-state index in [1.54, 1.807) is 24.1 Å². The lowest BCUT2D eigenvalue weighted by molar-refractivity contribution is 0.0667.